The highest BCUT2D eigenvalue weighted by atomic mass is 16.5. The van der Waals surface area contributed by atoms with Crippen molar-refractivity contribution < 1.29 is 14.6 Å². The first-order chi connectivity index (χ1) is 15.0. The number of rotatable bonds is 6. The Labute approximate surface area is 179 Å². The van der Waals surface area contributed by atoms with Crippen LogP contribution in [0.5, 0.6) is 11.5 Å². The largest absolute Gasteiger partial charge is 0.507 e. The molecule has 0 fully saturated rings. The van der Waals surface area contributed by atoms with Crippen LogP contribution in [0.2, 0.25) is 0 Å². The van der Waals surface area contributed by atoms with Crippen molar-refractivity contribution >= 4 is 23.2 Å². The van der Waals surface area contributed by atoms with Crippen molar-refractivity contribution in [3.05, 3.63) is 77.9 Å². The minimum atomic E-state index is -0.341. The molecule has 31 heavy (non-hydrogen) atoms. The number of fused-ring (bicyclic) bond motifs is 1. The van der Waals surface area contributed by atoms with Crippen molar-refractivity contribution in [1.29, 1.82) is 0 Å². The Morgan fingerprint density at radius 2 is 1.97 bits per heavy atom. The molecule has 4 aromatic rings. The Morgan fingerprint density at radius 1 is 1.13 bits per heavy atom. The number of nitrogens with zero attached hydrogens (tertiary/aromatic N) is 2. The fourth-order valence-electron chi connectivity index (χ4n) is 3.12. The van der Waals surface area contributed by atoms with Crippen molar-refractivity contribution in [3.8, 4) is 22.9 Å². The van der Waals surface area contributed by atoms with Crippen molar-refractivity contribution in [1.82, 2.24) is 15.4 Å². The van der Waals surface area contributed by atoms with Crippen LogP contribution in [-0.2, 0) is 0 Å². The van der Waals surface area contributed by atoms with E-state index in [1.54, 1.807) is 42.6 Å². The molecule has 3 N–H and O–H groups in total. The van der Waals surface area contributed by atoms with Gasteiger partial charge < -0.3 is 14.8 Å². The minimum absolute atomic E-state index is 0.0793. The van der Waals surface area contributed by atoms with E-state index in [0.29, 0.717) is 28.0 Å². The van der Waals surface area contributed by atoms with Gasteiger partial charge in [-0.15, -0.1) is 0 Å². The highest BCUT2D eigenvalue weighted by molar-refractivity contribution is 5.98. The van der Waals surface area contributed by atoms with Gasteiger partial charge in [-0.1, -0.05) is 24.3 Å². The molecule has 0 saturated carbocycles. The lowest BCUT2D eigenvalue weighted by molar-refractivity contribution is 0.0955. The number of hydrogen-bond donors (Lipinski definition) is 3. The summed E-state index contributed by atoms with van der Waals surface area (Å²) in [5.41, 5.74) is 5.77. The maximum Gasteiger partial charge on any atom is 0.271 e. The molecule has 3 aromatic carbocycles. The molecule has 0 saturated heterocycles. The zero-order valence-corrected chi connectivity index (χ0v) is 17.2. The highest BCUT2D eigenvalue weighted by Gasteiger charge is 2.11. The number of aromatic amines is 1. The van der Waals surface area contributed by atoms with Gasteiger partial charge in [0.1, 0.15) is 17.3 Å². The Balaban J connectivity index is 1.48. The molecule has 0 radical (unpaired) electrons. The number of hydrogen-bond acceptors (Lipinski definition) is 5. The van der Waals surface area contributed by atoms with Crippen molar-refractivity contribution in [3.63, 3.8) is 0 Å². The zero-order chi connectivity index (χ0) is 21.8. The molecule has 0 bridgehead atoms. The number of benzene rings is 3. The number of aromatic hydroxyl groups is 1. The van der Waals surface area contributed by atoms with E-state index in [-0.39, 0.29) is 17.8 Å². The van der Waals surface area contributed by atoms with Gasteiger partial charge in [-0.2, -0.15) is 5.10 Å². The van der Waals surface area contributed by atoms with Gasteiger partial charge >= 0.3 is 0 Å². The molecule has 156 valence electrons. The van der Waals surface area contributed by atoms with Gasteiger partial charge in [0, 0.05) is 5.56 Å². The van der Waals surface area contributed by atoms with Crippen molar-refractivity contribution in [2.75, 3.05) is 0 Å². The molecule has 0 aliphatic heterocycles. The lowest BCUT2D eigenvalue weighted by Crippen LogP contribution is -2.17. The number of phenolic OH excluding ortho intramolecular Hbond substituents is 1. The van der Waals surface area contributed by atoms with Crippen LogP contribution < -0.4 is 10.2 Å². The molecule has 1 amide bonds. The topological polar surface area (TPSA) is 99.6 Å². The number of nitrogens with one attached hydrogen (secondary N) is 2. The smallest absolute Gasteiger partial charge is 0.271 e. The molecule has 0 spiro atoms. The number of H-pyrrole nitrogens is 1. The summed E-state index contributed by atoms with van der Waals surface area (Å²) >= 11 is 0. The van der Waals surface area contributed by atoms with Crippen LogP contribution in [0.3, 0.4) is 0 Å². The standard InChI is InChI=1S/C24H22N4O3/c1-15(2)31-18-7-5-6-16(12-18)14-25-28-24(30)17-10-11-20-21(13-17)27-23(26-20)19-8-3-4-9-22(19)29/h3-15,29H,1-2H3,(H,26,27)(H,28,30)/b25-14+. The van der Waals surface area contributed by atoms with E-state index in [4.69, 9.17) is 4.74 Å². The van der Waals surface area contributed by atoms with Crippen LogP contribution >= 0.6 is 0 Å². The van der Waals surface area contributed by atoms with Crippen LogP contribution in [0.15, 0.2) is 71.8 Å². The van der Waals surface area contributed by atoms with Gasteiger partial charge in [0.2, 0.25) is 0 Å². The van der Waals surface area contributed by atoms with E-state index >= 15 is 0 Å². The summed E-state index contributed by atoms with van der Waals surface area (Å²) in [4.78, 5) is 20.1. The Morgan fingerprint density at radius 3 is 2.77 bits per heavy atom. The van der Waals surface area contributed by atoms with Crippen molar-refractivity contribution in [2.45, 2.75) is 20.0 Å². The molecule has 0 aliphatic rings. The second-order valence-corrected chi connectivity index (χ2v) is 7.27. The van der Waals surface area contributed by atoms with Gasteiger partial charge in [0.25, 0.3) is 5.91 Å². The molecule has 4 rings (SSSR count). The van der Waals surface area contributed by atoms with E-state index in [1.807, 2.05) is 44.2 Å². The molecule has 0 atom stereocenters. The van der Waals surface area contributed by atoms with E-state index < -0.39 is 0 Å². The molecule has 1 aromatic heterocycles. The Kier molecular flexibility index (Phi) is 5.66. The van der Waals surface area contributed by atoms with E-state index in [1.165, 1.54) is 0 Å². The lowest BCUT2D eigenvalue weighted by atomic mass is 10.2. The number of carbonyl (C=O) groups is 1. The average molecular weight is 414 g/mol. The third-order valence-electron chi connectivity index (χ3n) is 4.51. The maximum absolute atomic E-state index is 12.5. The van der Waals surface area contributed by atoms with Crippen LogP contribution in [-0.4, -0.2) is 33.3 Å². The second-order valence-electron chi connectivity index (χ2n) is 7.27. The molecular weight excluding hydrogens is 392 g/mol. The molecule has 0 aliphatic carbocycles. The third-order valence-corrected chi connectivity index (χ3v) is 4.51. The van der Waals surface area contributed by atoms with Gasteiger partial charge in [-0.05, 0) is 61.9 Å². The minimum Gasteiger partial charge on any atom is -0.507 e. The SMILES string of the molecule is CC(C)Oc1cccc(/C=N/NC(=O)c2ccc3nc(-c4ccccc4O)[nH]c3c2)c1. The number of carbonyl (C=O) groups excluding carboxylic acids is 1. The Hall–Kier alpha value is -4.13. The number of para-hydroxylation sites is 1. The van der Waals surface area contributed by atoms with E-state index in [2.05, 4.69) is 20.5 Å². The predicted molar refractivity (Wildman–Crippen MR) is 120 cm³/mol. The third kappa shape index (κ3) is 4.72. The van der Waals surface area contributed by atoms with E-state index in [0.717, 1.165) is 11.3 Å². The number of phenols is 1. The first kappa shape index (κ1) is 20.2. The maximum atomic E-state index is 12.5. The normalized spacial score (nSPS) is 11.3. The number of hydrazone groups is 1. The highest BCUT2D eigenvalue weighted by Crippen LogP contribution is 2.28. The van der Waals surface area contributed by atoms with Gasteiger partial charge in [-0.25, -0.2) is 10.4 Å². The zero-order valence-electron chi connectivity index (χ0n) is 17.2. The average Bonchev–Trinajstić information content (AvgIpc) is 3.17. The summed E-state index contributed by atoms with van der Waals surface area (Å²) in [5, 5.41) is 14.1. The Bertz CT molecular complexity index is 1260. The molecule has 0 unspecified atom stereocenters. The quantitative estimate of drug-likeness (QED) is 0.320. The molecule has 7 heteroatoms. The lowest BCUT2D eigenvalue weighted by Gasteiger charge is -2.09. The summed E-state index contributed by atoms with van der Waals surface area (Å²) in [7, 11) is 0. The molecular formula is C24H22N4O3. The van der Waals surface area contributed by atoms with Crippen LogP contribution in [0.4, 0.5) is 0 Å². The van der Waals surface area contributed by atoms with Crippen molar-refractivity contribution in [2.24, 2.45) is 5.10 Å². The van der Waals surface area contributed by atoms with Gasteiger partial charge in [-0.3, -0.25) is 4.79 Å². The van der Waals surface area contributed by atoms with E-state index in [9.17, 15) is 9.90 Å². The predicted octanol–water partition coefficient (Wildman–Crippen LogP) is 4.49. The summed E-state index contributed by atoms with van der Waals surface area (Å²) in [6.07, 6.45) is 1.64. The monoisotopic (exact) mass is 414 g/mol. The summed E-state index contributed by atoms with van der Waals surface area (Å²) in [6.45, 7) is 3.92. The van der Waals surface area contributed by atoms with Crippen LogP contribution in [0.25, 0.3) is 22.4 Å². The fourth-order valence-corrected chi connectivity index (χ4v) is 3.12. The number of amides is 1. The molecule has 1 heterocycles. The fraction of sp³-hybridized carbons (Fsp3) is 0.125. The number of ether oxygens (including phenoxy) is 1. The first-order valence-corrected chi connectivity index (χ1v) is 9.88. The van der Waals surface area contributed by atoms with Crippen LogP contribution in [0.1, 0.15) is 29.8 Å². The summed E-state index contributed by atoms with van der Waals surface area (Å²) in [6, 6.07) is 19.6. The second kappa shape index (κ2) is 8.71. The molecule has 7 nitrogen and oxygen atoms in total. The van der Waals surface area contributed by atoms with Crippen LogP contribution in [0, 0.1) is 0 Å². The summed E-state index contributed by atoms with van der Waals surface area (Å²) < 4.78 is 5.66. The number of aromatic nitrogens is 2. The summed E-state index contributed by atoms with van der Waals surface area (Å²) in [5.74, 6) is 1.07. The van der Waals surface area contributed by atoms with Gasteiger partial charge in [0.15, 0.2) is 0 Å². The van der Waals surface area contributed by atoms with Gasteiger partial charge in [0.05, 0.1) is 28.9 Å². The first-order valence-electron chi connectivity index (χ1n) is 9.88. The number of imidazole rings is 1.